The summed E-state index contributed by atoms with van der Waals surface area (Å²) in [4.78, 5) is 27.7. The van der Waals surface area contributed by atoms with Crippen LogP contribution in [0.1, 0.15) is 36.5 Å². The van der Waals surface area contributed by atoms with Gasteiger partial charge in [0.05, 0.1) is 6.10 Å². The van der Waals surface area contributed by atoms with E-state index in [1.807, 2.05) is 0 Å². The molecule has 98 valence electrons. The average Bonchev–Trinajstić information content (AvgIpc) is 2.75. The zero-order valence-electron chi connectivity index (χ0n) is 10.4. The molecule has 1 aromatic rings. The van der Waals surface area contributed by atoms with Crippen molar-refractivity contribution in [3.05, 3.63) is 34.2 Å². The van der Waals surface area contributed by atoms with Gasteiger partial charge in [-0.3, -0.25) is 9.59 Å². The Labute approximate surface area is 105 Å². The van der Waals surface area contributed by atoms with Crippen LogP contribution in [0.3, 0.4) is 0 Å². The molecule has 2 atom stereocenters. The number of aromatic nitrogens is 1. The summed E-state index contributed by atoms with van der Waals surface area (Å²) in [6.07, 6.45) is 3.53. The van der Waals surface area contributed by atoms with Crippen LogP contribution in [0.4, 0.5) is 0 Å². The largest absolute Gasteiger partial charge is 0.393 e. The van der Waals surface area contributed by atoms with Crippen molar-refractivity contribution in [1.29, 1.82) is 0 Å². The first-order valence-electron chi connectivity index (χ1n) is 6.25. The van der Waals surface area contributed by atoms with Crippen molar-refractivity contribution in [2.24, 2.45) is 0 Å². The topological polar surface area (TPSA) is 73.4 Å². The lowest BCUT2D eigenvalue weighted by molar-refractivity contribution is 0.0682. The summed E-state index contributed by atoms with van der Waals surface area (Å²) in [5, 5.41) is 9.43. The van der Waals surface area contributed by atoms with Crippen LogP contribution in [0.15, 0.2) is 23.1 Å². The maximum absolute atomic E-state index is 12.3. The van der Waals surface area contributed by atoms with Gasteiger partial charge in [0.1, 0.15) is 0 Å². The van der Waals surface area contributed by atoms with Crippen LogP contribution in [0, 0.1) is 0 Å². The van der Waals surface area contributed by atoms with E-state index in [4.69, 9.17) is 0 Å². The fourth-order valence-corrected chi connectivity index (χ4v) is 2.49. The third-order valence-corrected chi connectivity index (χ3v) is 3.27. The molecular formula is C13H18N2O3. The Kier molecular flexibility index (Phi) is 3.81. The van der Waals surface area contributed by atoms with Crippen LogP contribution in [0.2, 0.25) is 0 Å². The lowest BCUT2D eigenvalue weighted by Gasteiger charge is -2.25. The van der Waals surface area contributed by atoms with Gasteiger partial charge in [-0.2, -0.15) is 0 Å². The van der Waals surface area contributed by atoms with Crippen molar-refractivity contribution in [2.75, 3.05) is 6.54 Å². The number of H-pyrrole nitrogens is 1. The number of carbonyl (C=O) groups excluding carboxylic acids is 1. The van der Waals surface area contributed by atoms with Crippen molar-refractivity contribution in [3.8, 4) is 0 Å². The lowest BCUT2D eigenvalue weighted by atomic mass is 10.1. The van der Waals surface area contributed by atoms with Gasteiger partial charge in [-0.25, -0.2) is 0 Å². The van der Waals surface area contributed by atoms with E-state index in [2.05, 4.69) is 4.98 Å². The van der Waals surface area contributed by atoms with E-state index in [1.165, 1.54) is 12.3 Å². The molecule has 5 nitrogen and oxygen atoms in total. The van der Waals surface area contributed by atoms with E-state index in [1.54, 1.807) is 17.9 Å². The van der Waals surface area contributed by atoms with Crippen molar-refractivity contribution in [2.45, 2.75) is 38.3 Å². The number of rotatable bonds is 3. The minimum atomic E-state index is -0.414. The second-order valence-electron chi connectivity index (χ2n) is 4.82. The van der Waals surface area contributed by atoms with E-state index in [9.17, 15) is 14.7 Å². The number of hydrogen-bond donors (Lipinski definition) is 2. The van der Waals surface area contributed by atoms with Gasteiger partial charge in [-0.1, -0.05) is 0 Å². The maximum atomic E-state index is 12.3. The Balaban J connectivity index is 2.15. The molecule has 1 aliphatic rings. The van der Waals surface area contributed by atoms with Crippen LogP contribution in [0.5, 0.6) is 0 Å². The van der Waals surface area contributed by atoms with Crippen LogP contribution in [-0.4, -0.2) is 39.6 Å². The zero-order valence-corrected chi connectivity index (χ0v) is 10.4. The first-order chi connectivity index (χ1) is 8.58. The summed E-state index contributed by atoms with van der Waals surface area (Å²) in [5.74, 6) is -0.121. The van der Waals surface area contributed by atoms with Gasteiger partial charge in [-0.05, 0) is 32.3 Å². The second-order valence-corrected chi connectivity index (χ2v) is 4.82. The number of aliphatic hydroxyl groups is 1. The lowest BCUT2D eigenvalue weighted by Crippen LogP contribution is -2.37. The van der Waals surface area contributed by atoms with E-state index in [0.29, 0.717) is 18.5 Å². The molecule has 0 spiro atoms. The summed E-state index contributed by atoms with van der Waals surface area (Å²) >= 11 is 0. The molecule has 1 aromatic heterocycles. The Morgan fingerprint density at radius 2 is 2.44 bits per heavy atom. The smallest absolute Gasteiger partial charge is 0.254 e. The number of aromatic amines is 1. The molecule has 1 saturated heterocycles. The molecule has 18 heavy (non-hydrogen) atoms. The highest BCUT2D eigenvalue weighted by atomic mass is 16.3. The summed E-state index contributed by atoms with van der Waals surface area (Å²) in [6, 6.07) is 3.01. The number of aliphatic hydroxyl groups excluding tert-OH is 1. The molecule has 0 bridgehead atoms. The van der Waals surface area contributed by atoms with Crippen molar-refractivity contribution in [1.82, 2.24) is 9.88 Å². The molecule has 2 rings (SSSR count). The molecule has 0 aromatic carbocycles. The Morgan fingerprint density at radius 1 is 1.67 bits per heavy atom. The molecular weight excluding hydrogens is 232 g/mol. The average molecular weight is 250 g/mol. The third-order valence-electron chi connectivity index (χ3n) is 3.27. The van der Waals surface area contributed by atoms with Gasteiger partial charge < -0.3 is 15.0 Å². The molecule has 0 saturated carbocycles. The molecule has 5 heteroatoms. The fraction of sp³-hybridized carbons (Fsp3) is 0.538. The minimum Gasteiger partial charge on any atom is -0.393 e. The molecule has 1 fully saturated rings. The summed E-state index contributed by atoms with van der Waals surface area (Å²) < 4.78 is 0. The number of hydrogen-bond acceptors (Lipinski definition) is 3. The highest BCUT2D eigenvalue weighted by Gasteiger charge is 2.30. The van der Waals surface area contributed by atoms with Gasteiger partial charge in [0.15, 0.2) is 0 Å². The van der Waals surface area contributed by atoms with Crippen molar-refractivity contribution in [3.63, 3.8) is 0 Å². The van der Waals surface area contributed by atoms with E-state index < -0.39 is 6.10 Å². The molecule has 0 radical (unpaired) electrons. The van der Waals surface area contributed by atoms with Gasteiger partial charge in [0, 0.05) is 30.4 Å². The zero-order chi connectivity index (χ0) is 13.1. The van der Waals surface area contributed by atoms with Crippen LogP contribution >= 0.6 is 0 Å². The van der Waals surface area contributed by atoms with Crippen LogP contribution < -0.4 is 5.56 Å². The monoisotopic (exact) mass is 250 g/mol. The first-order valence-corrected chi connectivity index (χ1v) is 6.25. The quantitative estimate of drug-likeness (QED) is 0.831. The summed E-state index contributed by atoms with van der Waals surface area (Å²) in [7, 11) is 0. The number of carbonyl (C=O) groups is 1. The number of pyridine rings is 1. The third kappa shape index (κ3) is 2.79. The molecule has 0 aliphatic carbocycles. The van der Waals surface area contributed by atoms with Crippen LogP contribution in [0.25, 0.3) is 0 Å². The standard InChI is InChI=1S/C13H18N2O3/c1-9(16)7-11-3-2-6-15(11)13(18)10-4-5-14-12(17)8-10/h4-5,8-9,11,16H,2-3,6-7H2,1H3,(H,14,17). The van der Waals surface area contributed by atoms with Gasteiger partial charge in [0.2, 0.25) is 5.56 Å². The first kappa shape index (κ1) is 12.8. The second kappa shape index (κ2) is 5.35. The van der Waals surface area contributed by atoms with E-state index in [-0.39, 0.29) is 17.5 Å². The SMILES string of the molecule is CC(O)CC1CCCN1C(=O)c1cc[nH]c(=O)c1. The molecule has 2 N–H and O–H groups in total. The number of nitrogens with zero attached hydrogens (tertiary/aromatic N) is 1. The predicted molar refractivity (Wildman–Crippen MR) is 67.4 cm³/mol. The molecule has 2 unspecified atom stereocenters. The number of likely N-dealkylation sites (tertiary alicyclic amines) is 1. The fourth-order valence-electron chi connectivity index (χ4n) is 2.49. The predicted octanol–water partition coefficient (Wildman–Crippen LogP) is 0.750. The van der Waals surface area contributed by atoms with Gasteiger partial charge in [-0.15, -0.1) is 0 Å². The van der Waals surface area contributed by atoms with Crippen molar-refractivity contribution < 1.29 is 9.90 Å². The summed E-state index contributed by atoms with van der Waals surface area (Å²) in [5.41, 5.74) is 0.142. The van der Waals surface area contributed by atoms with Gasteiger partial charge in [0.25, 0.3) is 5.91 Å². The Morgan fingerprint density at radius 3 is 3.11 bits per heavy atom. The Hall–Kier alpha value is -1.62. The van der Waals surface area contributed by atoms with E-state index >= 15 is 0 Å². The highest BCUT2D eigenvalue weighted by Crippen LogP contribution is 2.23. The van der Waals surface area contributed by atoms with Crippen molar-refractivity contribution >= 4 is 5.91 Å². The molecule has 1 aliphatic heterocycles. The van der Waals surface area contributed by atoms with Crippen LogP contribution in [-0.2, 0) is 0 Å². The maximum Gasteiger partial charge on any atom is 0.254 e. The number of nitrogens with one attached hydrogen (secondary N) is 1. The Bertz CT molecular complexity index is 481. The summed E-state index contributed by atoms with van der Waals surface area (Å²) in [6.45, 7) is 2.43. The van der Waals surface area contributed by atoms with Gasteiger partial charge >= 0.3 is 0 Å². The minimum absolute atomic E-state index is 0.0804. The number of amides is 1. The molecule has 1 amide bonds. The normalized spacial score (nSPS) is 21.0. The molecule has 2 heterocycles. The highest BCUT2D eigenvalue weighted by molar-refractivity contribution is 5.94. The van der Waals surface area contributed by atoms with E-state index in [0.717, 1.165) is 12.8 Å².